The van der Waals surface area contributed by atoms with Crippen molar-refractivity contribution in [2.24, 2.45) is 0 Å². The Morgan fingerprint density at radius 2 is 2.00 bits per heavy atom. The molecule has 0 radical (unpaired) electrons. The van der Waals surface area contributed by atoms with Crippen molar-refractivity contribution in [1.82, 2.24) is 14.7 Å². The maximum atomic E-state index is 12.8. The number of aromatic nitrogens is 2. The summed E-state index contributed by atoms with van der Waals surface area (Å²) in [6, 6.07) is 11.5. The molecule has 2 aromatic rings. The lowest BCUT2D eigenvalue weighted by Gasteiger charge is -2.30. The Balaban J connectivity index is 1.82. The van der Waals surface area contributed by atoms with E-state index in [-0.39, 0.29) is 17.0 Å². The number of hydrogen-bond acceptors (Lipinski definition) is 3. The Hall–Kier alpha value is -2.87. The monoisotopic (exact) mass is 334 g/mol. The van der Waals surface area contributed by atoms with Crippen LogP contribution in [0.2, 0.25) is 0 Å². The molecule has 3 rings (SSSR count). The van der Waals surface area contributed by atoms with E-state index in [0.717, 1.165) is 17.5 Å². The van der Waals surface area contributed by atoms with Gasteiger partial charge in [0.05, 0.1) is 11.7 Å². The zero-order valence-corrected chi connectivity index (χ0v) is 14.9. The molecule has 0 N–H and O–H groups in total. The van der Waals surface area contributed by atoms with Gasteiger partial charge in [-0.05, 0) is 32.4 Å². The van der Waals surface area contributed by atoms with Gasteiger partial charge in [0.2, 0.25) is 0 Å². The number of nitrogens with zero attached hydrogens (tertiary/aromatic N) is 4. The molecule has 1 aromatic heterocycles. The first kappa shape index (κ1) is 17.0. The van der Waals surface area contributed by atoms with Gasteiger partial charge in [0.25, 0.3) is 5.91 Å². The predicted octanol–water partition coefficient (Wildman–Crippen LogP) is 3.13. The smallest absolute Gasteiger partial charge is 0.264 e. The van der Waals surface area contributed by atoms with Crippen molar-refractivity contribution < 1.29 is 4.79 Å². The van der Waals surface area contributed by atoms with Crippen molar-refractivity contribution in [3.05, 3.63) is 58.9 Å². The van der Waals surface area contributed by atoms with E-state index in [1.54, 1.807) is 11.0 Å². The van der Waals surface area contributed by atoms with Gasteiger partial charge in [-0.3, -0.25) is 9.48 Å². The third-order valence-corrected chi connectivity index (χ3v) is 4.32. The molecule has 1 amide bonds. The average molecular weight is 334 g/mol. The summed E-state index contributed by atoms with van der Waals surface area (Å²) in [5, 5.41) is 13.9. The summed E-state index contributed by atoms with van der Waals surface area (Å²) >= 11 is 0. The molecule has 25 heavy (non-hydrogen) atoms. The van der Waals surface area contributed by atoms with E-state index in [0.29, 0.717) is 13.1 Å². The average Bonchev–Trinajstić information content (AvgIpc) is 3.03. The number of fused-ring (bicyclic) bond motifs is 1. The molecular weight excluding hydrogens is 312 g/mol. The molecule has 0 unspecified atom stereocenters. The van der Waals surface area contributed by atoms with Crippen molar-refractivity contribution in [3.8, 4) is 6.07 Å². The van der Waals surface area contributed by atoms with Crippen molar-refractivity contribution >= 4 is 12.0 Å². The molecule has 0 atom stereocenters. The lowest BCUT2D eigenvalue weighted by molar-refractivity contribution is -0.127. The highest BCUT2D eigenvalue weighted by Crippen LogP contribution is 2.25. The summed E-state index contributed by atoms with van der Waals surface area (Å²) < 4.78 is 2.04. The molecule has 1 aliphatic rings. The Bertz CT molecular complexity index is 850. The predicted molar refractivity (Wildman–Crippen MR) is 96.4 cm³/mol. The van der Waals surface area contributed by atoms with Crippen LogP contribution in [0.25, 0.3) is 6.08 Å². The van der Waals surface area contributed by atoms with E-state index in [2.05, 4.69) is 31.9 Å². The van der Waals surface area contributed by atoms with Gasteiger partial charge in [-0.15, -0.1) is 0 Å². The quantitative estimate of drug-likeness (QED) is 0.626. The molecule has 128 valence electrons. The summed E-state index contributed by atoms with van der Waals surface area (Å²) in [6.45, 7) is 7.45. The van der Waals surface area contributed by atoms with Crippen LogP contribution in [0.5, 0.6) is 0 Å². The third kappa shape index (κ3) is 3.48. The minimum Gasteiger partial charge on any atom is -0.333 e. The Labute approximate surface area is 148 Å². The molecule has 1 aromatic carbocycles. The Morgan fingerprint density at radius 1 is 1.28 bits per heavy atom. The van der Waals surface area contributed by atoms with E-state index in [9.17, 15) is 10.1 Å². The molecule has 2 heterocycles. The Kier molecular flexibility index (Phi) is 4.45. The largest absolute Gasteiger partial charge is 0.333 e. The molecular formula is C20H22N4O. The summed E-state index contributed by atoms with van der Waals surface area (Å²) in [7, 11) is 0. The zero-order chi connectivity index (χ0) is 18.0. The van der Waals surface area contributed by atoms with Gasteiger partial charge >= 0.3 is 0 Å². The zero-order valence-electron chi connectivity index (χ0n) is 14.9. The van der Waals surface area contributed by atoms with E-state index in [1.165, 1.54) is 5.69 Å². The van der Waals surface area contributed by atoms with E-state index in [4.69, 9.17) is 0 Å². The molecule has 0 saturated carbocycles. The minimum absolute atomic E-state index is 0.0786. The van der Waals surface area contributed by atoms with Crippen LogP contribution in [0.3, 0.4) is 0 Å². The van der Waals surface area contributed by atoms with Crippen LogP contribution < -0.4 is 0 Å². The summed E-state index contributed by atoms with van der Waals surface area (Å²) in [5.74, 6) is -0.222. The number of amides is 1. The minimum atomic E-state index is -0.222. The number of carbonyl (C=O) groups is 1. The number of carbonyl (C=O) groups excluding carboxylic acids is 1. The fourth-order valence-corrected chi connectivity index (χ4v) is 3.11. The van der Waals surface area contributed by atoms with Crippen LogP contribution in [0.1, 0.15) is 37.6 Å². The normalized spacial score (nSPS) is 14.8. The number of benzene rings is 1. The highest BCUT2D eigenvalue weighted by Gasteiger charge is 2.28. The molecule has 5 nitrogen and oxygen atoms in total. The van der Waals surface area contributed by atoms with Crippen LogP contribution in [0, 0.1) is 11.3 Å². The topological polar surface area (TPSA) is 61.9 Å². The number of nitriles is 1. The first-order chi connectivity index (χ1) is 11.9. The fraction of sp³-hybridized carbons (Fsp3) is 0.350. The van der Waals surface area contributed by atoms with Gasteiger partial charge in [-0.1, -0.05) is 30.3 Å². The lowest BCUT2D eigenvalue weighted by atomic mass is 10.0. The van der Waals surface area contributed by atoms with Crippen LogP contribution in [-0.2, 0) is 23.3 Å². The highest BCUT2D eigenvalue weighted by molar-refractivity contribution is 6.01. The standard InChI is InChI=1S/C20H22N4O/c1-20(2,3)24-18-9-10-23(14-17(18)13-22-24)19(25)16(12-21)11-15-7-5-4-6-8-15/h4-8,11,13H,9-10,14H2,1-3H3/b16-11+. The molecule has 0 fully saturated rings. The highest BCUT2D eigenvalue weighted by atomic mass is 16.2. The second-order valence-corrected chi connectivity index (χ2v) is 7.26. The molecule has 1 aliphatic heterocycles. The molecule has 0 bridgehead atoms. The van der Waals surface area contributed by atoms with Crippen LogP contribution in [0.15, 0.2) is 42.1 Å². The van der Waals surface area contributed by atoms with Crippen molar-refractivity contribution in [1.29, 1.82) is 5.26 Å². The summed E-state index contributed by atoms with van der Waals surface area (Å²) in [6.07, 6.45) is 4.24. The lowest BCUT2D eigenvalue weighted by Crippen LogP contribution is -2.38. The third-order valence-electron chi connectivity index (χ3n) is 4.32. The molecule has 5 heteroatoms. The maximum Gasteiger partial charge on any atom is 0.264 e. The first-order valence-electron chi connectivity index (χ1n) is 8.42. The van der Waals surface area contributed by atoms with Crippen molar-refractivity contribution in [2.45, 2.75) is 39.3 Å². The van der Waals surface area contributed by atoms with E-state index >= 15 is 0 Å². The van der Waals surface area contributed by atoms with Crippen molar-refractivity contribution in [2.75, 3.05) is 6.54 Å². The molecule has 0 aliphatic carbocycles. The molecule has 0 spiro atoms. The SMILES string of the molecule is CC(C)(C)n1ncc2c1CCN(C(=O)/C(C#N)=C/c1ccccc1)C2. The van der Waals surface area contributed by atoms with Gasteiger partial charge in [-0.2, -0.15) is 10.4 Å². The summed E-state index contributed by atoms with van der Waals surface area (Å²) in [4.78, 5) is 14.5. The molecule has 0 saturated heterocycles. The maximum absolute atomic E-state index is 12.8. The van der Waals surface area contributed by atoms with Gasteiger partial charge in [0, 0.05) is 30.8 Å². The number of hydrogen-bond donors (Lipinski definition) is 0. The van der Waals surface area contributed by atoms with Crippen LogP contribution >= 0.6 is 0 Å². The Morgan fingerprint density at radius 3 is 2.64 bits per heavy atom. The summed E-state index contributed by atoms with van der Waals surface area (Å²) in [5.41, 5.74) is 3.18. The van der Waals surface area contributed by atoms with Crippen LogP contribution in [-0.4, -0.2) is 27.1 Å². The van der Waals surface area contributed by atoms with E-state index in [1.807, 2.05) is 41.2 Å². The van der Waals surface area contributed by atoms with Gasteiger partial charge in [0.15, 0.2) is 0 Å². The second kappa shape index (κ2) is 6.56. The van der Waals surface area contributed by atoms with E-state index < -0.39 is 0 Å². The first-order valence-corrected chi connectivity index (χ1v) is 8.42. The fourth-order valence-electron chi connectivity index (χ4n) is 3.11. The van der Waals surface area contributed by atoms with Gasteiger partial charge in [-0.25, -0.2) is 0 Å². The second-order valence-electron chi connectivity index (χ2n) is 7.26. The van der Waals surface area contributed by atoms with Gasteiger partial charge < -0.3 is 4.90 Å². The van der Waals surface area contributed by atoms with Gasteiger partial charge in [0.1, 0.15) is 11.6 Å². The van der Waals surface area contributed by atoms with Crippen molar-refractivity contribution in [3.63, 3.8) is 0 Å². The van der Waals surface area contributed by atoms with Crippen LogP contribution in [0.4, 0.5) is 0 Å². The number of rotatable bonds is 2.